The highest BCUT2D eigenvalue weighted by Crippen LogP contribution is 2.19. The summed E-state index contributed by atoms with van der Waals surface area (Å²) < 4.78 is 69.4. The van der Waals surface area contributed by atoms with Gasteiger partial charge >= 0.3 is 24.3 Å². The SMILES string of the molecule is NCCCCNc1c(NCCCOc2cccc(CN3CCCCC3)c2)c(=O)c1=O.O=C(O)C(F)(F)F.O=C(O)C(F)(F)F. The summed E-state index contributed by atoms with van der Waals surface area (Å²) >= 11 is 0. The van der Waals surface area contributed by atoms with Gasteiger partial charge in [-0.05, 0) is 69.4 Å². The lowest BCUT2D eigenvalue weighted by atomic mass is 10.1. The van der Waals surface area contributed by atoms with Gasteiger partial charge in [0.15, 0.2) is 0 Å². The molecule has 1 aliphatic rings. The second-order valence-electron chi connectivity index (χ2n) is 9.55. The Balaban J connectivity index is 0.000000574. The standard InChI is InChI=1S/C23H34N4O3.2C2HF3O2/c24-10-2-3-11-25-20-21(23(29)22(20)28)26-12-7-15-30-19-9-6-8-18(16-19)17-27-13-4-1-5-14-27;2*3-2(4,5)1(6)7/h6,8-9,16,25-26H,1-5,7,10-15,17,24H2;2*(H,6,7). The molecule has 1 saturated heterocycles. The molecule has 0 atom stereocenters. The van der Waals surface area contributed by atoms with Gasteiger partial charge in [-0.25, -0.2) is 9.59 Å². The zero-order chi connectivity index (χ0) is 33.3. The number of halogens is 6. The Morgan fingerprint density at radius 1 is 0.841 bits per heavy atom. The predicted molar refractivity (Wildman–Crippen MR) is 150 cm³/mol. The Labute approximate surface area is 248 Å². The summed E-state index contributed by atoms with van der Waals surface area (Å²) in [5.74, 6) is -4.64. The van der Waals surface area contributed by atoms with Gasteiger partial charge in [-0.2, -0.15) is 26.3 Å². The second kappa shape index (κ2) is 18.7. The summed E-state index contributed by atoms with van der Waals surface area (Å²) in [5, 5.41) is 20.4. The molecule has 0 unspecified atom stereocenters. The molecule has 2 aromatic carbocycles. The Morgan fingerprint density at radius 3 is 1.82 bits per heavy atom. The molecule has 2 aromatic rings. The average Bonchev–Trinajstić information content (AvgIpc) is 2.95. The van der Waals surface area contributed by atoms with E-state index in [2.05, 4.69) is 27.7 Å². The largest absolute Gasteiger partial charge is 0.494 e. The number of alkyl halides is 6. The van der Waals surface area contributed by atoms with E-state index in [9.17, 15) is 35.9 Å². The van der Waals surface area contributed by atoms with E-state index in [1.807, 2.05) is 12.1 Å². The van der Waals surface area contributed by atoms with Crippen LogP contribution in [0.5, 0.6) is 5.75 Å². The third-order valence-corrected chi connectivity index (χ3v) is 5.97. The highest BCUT2D eigenvalue weighted by atomic mass is 19.4. The summed E-state index contributed by atoms with van der Waals surface area (Å²) in [6, 6.07) is 8.28. The molecule has 1 fully saturated rings. The van der Waals surface area contributed by atoms with Crippen LogP contribution in [-0.4, -0.2) is 78.7 Å². The van der Waals surface area contributed by atoms with Crippen LogP contribution < -0.4 is 32.0 Å². The number of nitrogens with two attached hydrogens (primary N) is 1. The number of aliphatic carboxylic acids is 2. The number of likely N-dealkylation sites (tertiary alicyclic amines) is 1. The maximum absolute atomic E-state index is 11.8. The third-order valence-electron chi connectivity index (χ3n) is 5.97. The number of carboxylic acid groups (broad SMARTS) is 2. The first-order chi connectivity index (χ1) is 20.6. The van der Waals surface area contributed by atoms with Crippen molar-refractivity contribution in [1.29, 1.82) is 0 Å². The van der Waals surface area contributed by atoms with Gasteiger partial charge in [0.2, 0.25) is 0 Å². The fourth-order valence-electron chi connectivity index (χ4n) is 3.80. The smallest absolute Gasteiger partial charge is 0.490 e. The molecular formula is C27H36F6N4O7. The molecule has 0 aliphatic carbocycles. The van der Waals surface area contributed by atoms with E-state index in [0.29, 0.717) is 37.6 Å². The molecule has 17 heteroatoms. The summed E-state index contributed by atoms with van der Waals surface area (Å²) in [7, 11) is 0. The van der Waals surface area contributed by atoms with Crippen LogP contribution in [0.2, 0.25) is 0 Å². The highest BCUT2D eigenvalue weighted by molar-refractivity contribution is 5.74. The number of rotatable bonds is 13. The number of carbonyl (C=O) groups is 2. The molecule has 0 aromatic heterocycles. The number of hydrogen-bond acceptors (Lipinski definition) is 9. The summed E-state index contributed by atoms with van der Waals surface area (Å²) in [5.41, 5.74) is 6.67. The van der Waals surface area contributed by atoms with Crippen molar-refractivity contribution in [3.63, 3.8) is 0 Å². The molecular weight excluding hydrogens is 606 g/mol. The quantitative estimate of drug-likeness (QED) is 0.123. The van der Waals surface area contributed by atoms with E-state index in [0.717, 1.165) is 31.6 Å². The van der Waals surface area contributed by atoms with Crippen molar-refractivity contribution in [3.05, 3.63) is 50.3 Å². The minimum Gasteiger partial charge on any atom is -0.494 e. The fraction of sp³-hybridized carbons (Fsp3) is 0.556. The van der Waals surface area contributed by atoms with Crippen LogP contribution in [0.4, 0.5) is 37.7 Å². The van der Waals surface area contributed by atoms with Crippen molar-refractivity contribution in [1.82, 2.24) is 4.90 Å². The highest BCUT2D eigenvalue weighted by Gasteiger charge is 2.38. The fourth-order valence-corrected chi connectivity index (χ4v) is 3.80. The summed E-state index contributed by atoms with van der Waals surface area (Å²) in [6.07, 6.45) is -3.74. The first-order valence-electron chi connectivity index (χ1n) is 13.6. The molecule has 1 aliphatic heterocycles. The van der Waals surface area contributed by atoms with Crippen LogP contribution in [0.3, 0.4) is 0 Å². The number of nitrogens with one attached hydrogen (secondary N) is 2. The Bertz CT molecular complexity index is 1220. The van der Waals surface area contributed by atoms with E-state index in [1.165, 1.54) is 37.9 Å². The van der Waals surface area contributed by atoms with Gasteiger partial charge in [0.05, 0.1) is 6.61 Å². The molecule has 1 heterocycles. The van der Waals surface area contributed by atoms with Gasteiger partial charge in [-0.15, -0.1) is 0 Å². The first kappa shape index (κ1) is 38.2. The van der Waals surface area contributed by atoms with E-state index in [1.54, 1.807) is 0 Å². The number of hydrogen-bond donors (Lipinski definition) is 5. The van der Waals surface area contributed by atoms with E-state index in [-0.39, 0.29) is 0 Å². The number of benzene rings is 1. The molecule has 44 heavy (non-hydrogen) atoms. The molecule has 3 rings (SSSR count). The molecule has 0 radical (unpaired) electrons. The Hall–Kier alpha value is -3.86. The normalized spacial score (nSPS) is 13.6. The summed E-state index contributed by atoms with van der Waals surface area (Å²) in [4.78, 5) is 43.8. The Morgan fingerprint density at radius 2 is 1.34 bits per heavy atom. The van der Waals surface area contributed by atoms with E-state index >= 15 is 0 Å². The van der Waals surface area contributed by atoms with Crippen LogP contribution in [0.25, 0.3) is 0 Å². The van der Waals surface area contributed by atoms with E-state index in [4.69, 9.17) is 30.3 Å². The lowest BCUT2D eigenvalue weighted by Crippen LogP contribution is -2.37. The number of piperidine rings is 1. The Kier molecular flexibility index (Phi) is 16.2. The molecule has 0 saturated carbocycles. The number of ether oxygens (including phenoxy) is 1. The predicted octanol–water partition coefficient (Wildman–Crippen LogP) is 3.57. The molecule has 0 amide bonds. The van der Waals surface area contributed by atoms with Crippen LogP contribution in [0.1, 0.15) is 44.1 Å². The number of anilines is 2. The molecule has 0 spiro atoms. The van der Waals surface area contributed by atoms with Gasteiger partial charge < -0.3 is 31.3 Å². The molecule has 6 N–H and O–H groups in total. The third kappa shape index (κ3) is 14.5. The van der Waals surface area contributed by atoms with Crippen molar-refractivity contribution in [3.8, 4) is 5.75 Å². The molecule has 0 bridgehead atoms. The maximum Gasteiger partial charge on any atom is 0.490 e. The van der Waals surface area contributed by atoms with Gasteiger partial charge in [0.25, 0.3) is 10.9 Å². The van der Waals surface area contributed by atoms with Crippen molar-refractivity contribution < 1.29 is 50.9 Å². The zero-order valence-corrected chi connectivity index (χ0v) is 23.7. The van der Waals surface area contributed by atoms with Crippen LogP contribution >= 0.6 is 0 Å². The lowest BCUT2D eigenvalue weighted by Gasteiger charge is -2.26. The number of nitrogens with zero attached hydrogens (tertiary/aromatic N) is 1. The second-order valence-corrected chi connectivity index (χ2v) is 9.55. The number of unbranched alkanes of at least 4 members (excludes halogenated alkanes) is 1. The topological polar surface area (TPSA) is 171 Å². The van der Waals surface area contributed by atoms with Gasteiger partial charge in [0, 0.05) is 19.6 Å². The van der Waals surface area contributed by atoms with Gasteiger partial charge in [-0.1, -0.05) is 18.6 Å². The van der Waals surface area contributed by atoms with Crippen LogP contribution in [-0.2, 0) is 16.1 Å². The summed E-state index contributed by atoms with van der Waals surface area (Å²) in [6.45, 7) is 5.73. The lowest BCUT2D eigenvalue weighted by molar-refractivity contribution is -0.193. The van der Waals surface area contributed by atoms with Crippen molar-refractivity contribution >= 4 is 23.3 Å². The molecule has 248 valence electrons. The maximum atomic E-state index is 11.8. The number of carboxylic acids is 2. The van der Waals surface area contributed by atoms with Crippen LogP contribution in [0.15, 0.2) is 33.9 Å². The zero-order valence-electron chi connectivity index (χ0n) is 23.7. The minimum atomic E-state index is -5.08. The minimum absolute atomic E-state index is 0.399. The van der Waals surface area contributed by atoms with Crippen LogP contribution in [0, 0.1) is 0 Å². The van der Waals surface area contributed by atoms with E-state index < -0.39 is 35.1 Å². The first-order valence-corrected chi connectivity index (χ1v) is 13.6. The van der Waals surface area contributed by atoms with Gasteiger partial charge in [-0.3, -0.25) is 14.5 Å². The van der Waals surface area contributed by atoms with Crippen molar-refractivity contribution in [2.24, 2.45) is 5.73 Å². The monoisotopic (exact) mass is 642 g/mol. The average molecular weight is 643 g/mol. The van der Waals surface area contributed by atoms with Crippen molar-refractivity contribution in [2.75, 3.05) is 50.0 Å². The molecule has 11 nitrogen and oxygen atoms in total. The van der Waals surface area contributed by atoms with Gasteiger partial charge in [0.1, 0.15) is 17.1 Å². The van der Waals surface area contributed by atoms with Crippen molar-refractivity contribution in [2.45, 2.75) is 57.4 Å².